The standard InChI is InChI=1S/C11H10ClN5O2S/c1-5-4-6(2)14-11(13-5)20-9-8(17(18)19)7(3)15-10(12)16-9/h4H,1-3H3. The summed E-state index contributed by atoms with van der Waals surface area (Å²) >= 11 is 6.76. The van der Waals surface area contributed by atoms with Crippen molar-refractivity contribution in [2.45, 2.75) is 31.0 Å². The van der Waals surface area contributed by atoms with Gasteiger partial charge >= 0.3 is 5.69 Å². The summed E-state index contributed by atoms with van der Waals surface area (Å²) in [5.74, 6) is 0. The third-order valence-corrected chi connectivity index (χ3v) is 3.34. The van der Waals surface area contributed by atoms with Crippen LogP contribution in [0.5, 0.6) is 0 Å². The summed E-state index contributed by atoms with van der Waals surface area (Å²) in [7, 11) is 0. The first-order valence-electron chi connectivity index (χ1n) is 5.55. The summed E-state index contributed by atoms with van der Waals surface area (Å²) in [5.41, 5.74) is 1.59. The largest absolute Gasteiger partial charge is 0.322 e. The Kier molecular flexibility index (Phi) is 4.15. The Morgan fingerprint density at radius 3 is 2.30 bits per heavy atom. The molecule has 0 aromatic carbocycles. The predicted molar refractivity (Wildman–Crippen MR) is 74.1 cm³/mol. The first-order valence-corrected chi connectivity index (χ1v) is 6.75. The number of hydrogen-bond donors (Lipinski definition) is 0. The van der Waals surface area contributed by atoms with Gasteiger partial charge in [0.25, 0.3) is 0 Å². The summed E-state index contributed by atoms with van der Waals surface area (Å²) in [6.07, 6.45) is 0. The molecule has 104 valence electrons. The van der Waals surface area contributed by atoms with Gasteiger partial charge in [-0.1, -0.05) is 0 Å². The highest BCUT2D eigenvalue weighted by atomic mass is 35.5. The van der Waals surface area contributed by atoms with Crippen molar-refractivity contribution in [3.8, 4) is 0 Å². The van der Waals surface area contributed by atoms with Crippen molar-refractivity contribution in [3.63, 3.8) is 0 Å². The van der Waals surface area contributed by atoms with Gasteiger partial charge in [0, 0.05) is 11.4 Å². The van der Waals surface area contributed by atoms with Crippen LogP contribution in [0.4, 0.5) is 5.69 Å². The maximum atomic E-state index is 11.1. The maximum Gasteiger partial charge on any atom is 0.322 e. The topological polar surface area (TPSA) is 94.7 Å². The Morgan fingerprint density at radius 1 is 1.15 bits per heavy atom. The van der Waals surface area contributed by atoms with Crippen molar-refractivity contribution < 1.29 is 4.92 Å². The van der Waals surface area contributed by atoms with E-state index in [1.165, 1.54) is 6.92 Å². The summed E-state index contributed by atoms with van der Waals surface area (Å²) in [4.78, 5) is 26.7. The van der Waals surface area contributed by atoms with Crippen molar-refractivity contribution in [2.24, 2.45) is 0 Å². The van der Waals surface area contributed by atoms with Crippen molar-refractivity contribution in [2.75, 3.05) is 0 Å². The lowest BCUT2D eigenvalue weighted by molar-refractivity contribution is -0.389. The van der Waals surface area contributed by atoms with Gasteiger partial charge in [0.2, 0.25) is 5.28 Å². The van der Waals surface area contributed by atoms with Gasteiger partial charge < -0.3 is 0 Å². The van der Waals surface area contributed by atoms with Crippen molar-refractivity contribution in [3.05, 3.63) is 38.5 Å². The molecule has 7 nitrogen and oxygen atoms in total. The van der Waals surface area contributed by atoms with E-state index in [1.807, 2.05) is 19.9 Å². The first kappa shape index (κ1) is 14.6. The van der Waals surface area contributed by atoms with E-state index in [9.17, 15) is 10.1 Å². The minimum absolute atomic E-state index is 0.0417. The molecule has 0 aliphatic rings. The number of halogens is 1. The number of nitro groups is 1. The number of rotatable bonds is 3. The molecule has 0 saturated carbocycles. The minimum Gasteiger partial charge on any atom is -0.258 e. The number of aromatic nitrogens is 4. The molecular formula is C11H10ClN5O2S. The molecule has 0 aliphatic heterocycles. The normalized spacial score (nSPS) is 10.6. The second kappa shape index (κ2) is 5.68. The fraction of sp³-hybridized carbons (Fsp3) is 0.273. The van der Waals surface area contributed by atoms with E-state index in [-0.39, 0.29) is 21.7 Å². The maximum absolute atomic E-state index is 11.1. The van der Waals surface area contributed by atoms with Gasteiger partial charge in [-0.2, -0.15) is 0 Å². The van der Waals surface area contributed by atoms with E-state index < -0.39 is 4.92 Å². The zero-order valence-corrected chi connectivity index (χ0v) is 12.5. The van der Waals surface area contributed by atoms with Crippen LogP contribution in [-0.2, 0) is 0 Å². The van der Waals surface area contributed by atoms with Gasteiger partial charge in [0.05, 0.1) is 4.92 Å². The van der Waals surface area contributed by atoms with Gasteiger partial charge in [-0.3, -0.25) is 10.1 Å². The molecule has 2 aromatic heterocycles. The molecule has 2 aromatic rings. The second-order valence-corrected chi connectivity index (χ2v) is 5.32. The van der Waals surface area contributed by atoms with Crippen LogP contribution in [0.1, 0.15) is 17.1 Å². The Bertz CT molecular complexity index is 675. The molecule has 2 rings (SSSR count). The van der Waals surface area contributed by atoms with Gasteiger partial charge in [0.1, 0.15) is 5.69 Å². The Labute approximate surface area is 124 Å². The molecule has 0 radical (unpaired) electrons. The monoisotopic (exact) mass is 311 g/mol. The summed E-state index contributed by atoms with van der Waals surface area (Å²) < 4.78 is 0. The van der Waals surface area contributed by atoms with E-state index in [0.717, 1.165) is 23.1 Å². The van der Waals surface area contributed by atoms with Crippen LogP contribution >= 0.6 is 23.4 Å². The molecule has 0 amide bonds. The van der Waals surface area contributed by atoms with Crippen molar-refractivity contribution >= 4 is 29.1 Å². The molecule has 2 heterocycles. The second-order valence-electron chi connectivity index (χ2n) is 4.02. The molecule has 0 N–H and O–H groups in total. The van der Waals surface area contributed by atoms with E-state index in [4.69, 9.17) is 11.6 Å². The van der Waals surface area contributed by atoms with Gasteiger partial charge in [-0.05, 0) is 50.2 Å². The SMILES string of the molecule is Cc1cc(C)nc(Sc2nc(Cl)nc(C)c2[N+](=O)[O-])n1. The van der Waals surface area contributed by atoms with Crippen LogP contribution in [0, 0.1) is 30.9 Å². The summed E-state index contributed by atoms with van der Waals surface area (Å²) in [5, 5.41) is 11.6. The smallest absolute Gasteiger partial charge is 0.258 e. The molecule has 0 atom stereocenters. The molecule has 0 unspecified atom stereocenters. The van der Waals surface area contributed by atoms with Gasteiger partial charge in [0.15, 0.2) is 10.2 Å². The molecule has 0 saturated heterocycles. The predicted octanol–water partition coefficient (Wildman–Crippen LogP) is 2.90. The zero-order chi connectivity index (χ0) is 14.9. The molecule has 20 heavy (non-hydrogen) atoms. The summed E-state index contributed by atoms with van der Waals surface area (Å²) in [6, 6.07) is 1.82. The van der Waals surface area contributed by atoms with Gasteiger partial charge in [-0.15, -0.1) is 0 Å². The highest BCUT2D eigenvalue weighted by molar-refractivity contribution is 7.99. The Morgan fingerprint density at radius 2 is 1.75 bits per heavy atom. The summed E-state index contributed by atoms with van der Waals surface area (Å²) in [6.45, 7) is 5.16. The Balaban J connectivity index is 2.49. The Hall–Kier alpha value is -1.80. The average Bonchev–Trinajstić information content (AvgIpc) is 2.25. The lowest BCUT2D eigenvalue weighted by Gasteiger charge is -2.05. The molecular weight excluding hydrogens is 302 g/mol. The van der Waals surface area contributed by atoms with E-state index in [1.54, 1.807) is 0 Å². The van der Waals surface area contributed by atoms with E-state index in [0.29, 0.717) is 5.16 Å². The zero-order valence-electron chi connectivity index (χ0n) is 10.9. The highest BCUT2D eigenvalue weighted by Crippen LogP contribution is 2.33. The minimum atomic E-state index is -0.531. The lowest BCUT2D eigenvalue weighted by Crippen LogP contribution is -2.01. The van der Waals surface area contributed by atoms with Crippen molar-refractivity contribution in [1.29, 1.82) is 0 Å². The molecule has 9 heteroatoms. The molecule has 0 spiro atoms. The number of aryl methyl sites for hydroxylation is 3. The number of hydrogen-bond acceptors (Lipinski definition) is 7. The van der Waals surface area contributed by atoms with Crippen LogP contribution in [0.2, 0.25) is 5.28 Å². The molecule has 0 aliphatic carbocycles. The number of nitrogens with zero attached hydrogens (tertiary/aromatic N) is 5. The lowest BCUT2D eigenvalue weighted by atomic mass is 10.4. The van der Waals surface area contributed by atoms with Crippen LogP contribution in [0.3, 0.4) is 0 Å². The molecule has 0 bridgehead atoms. The van der Waals surface area contributed by atoms with Crippen LogP contribution in [0.25, 0.3) is 0 Å². The molecule has 0 fully saturated rings. The van der Waals surface area contributed by atoms with Crippen molar-refractivity contribution in [1.82, 2.24) is 19.9 Å². The fourth-order valence-electron chi connectivity index (χ4n) is 1.61. The third kappa shape index (κ3) is 3.20. The third-order valence-electron chi connectivity index (χ3n) is 2.33. The van der Waals surface area contributed by atoms with Crippen LogP contribution < -0.4 is 0 Å². The first-order chi connectivity index (χ1) is 9.36. The van der Waals surface area contributed by atoms with Gasteiger partial charge in [-0.25, -0.2) is 19.9 Å². The highest BCUT2D eigenvalue weighted by Gasteiger charge is 2.23. The van der Waals surface area contributed by atoms with Crippen LogP contribution in [-0.4, -0.2) is 24.9 Å². The quantitative estimate of drug-likeness (QED) is 0.372. The van der Waals surface area contributed by atoms with E-state index in [2.05, 4.69) is 19.9 Å². The average molecular weight is 312 g/mol. The van der Waals surface area contributed by atoms with Crippen LogP contribution in [0.15, 0.2) is 16.2 Å². The van der Waals surface area contributed by atoms with E-state index >= 15 is 0 Å². The fourth-order valence-corrected chi connectivity index (χ4v) is 2.88.